The van der Waals surface area contributed by atoms with Crippen LogP contribution in [-0.2, 0) is 4.57 Å². The van der Waals surface area contributed by atoms with Gasteiger partial charge in [0.2, 0.25) is 11.2 Å². The maximum absolute atomic E-state index is 12.1. The number of rotatable bonds is 2. The molecule has 0 aliphatic rings. The Morgan fingerprint density at radius 1 is 0.875 bits per heavy atom. The van der Waals surface area contributed by atoms with Crippen molar-refractivity contribution in [2.75, 3.05) is 0 Å². The van der Waals surface area contributed by atoms with E-state index >= 15 is 0 Å². The average Bonchev–Trinajstić information content (AvgIpc) is 2.59. The fraction of sp³-hybridized carbons (Fsp3) is 0. The Morgan fingerprint density at radius 2 is 1.41 bits per heavy atom. The molecule has 0 fully saturated rings. The summed E-state index contributed by atoms with van der Waals surface area (Å²) in [5, 5.41) is 56.7. The largest absolute Gasteiger partial charge is 1.00 e. The monoisotopic (exact) mass is 494 g/mol. The first-order chi connectivity index (χ1) is 13.3. The minimum atomic E-state index is -5.43. The molecule has 0 saturated heterocycles. The van der Waals surface area contributed by atoms with Crippen molar-refractivity contribution in [2.45, 2.75) is 0 Å². The normalized spacial score (nSPS) is 9.94. The van der Waals surface area contributed by atoms with E-state index in [0.29, 0.717) is 0 Å². The van der Waals surface area contributed by atoms with Gasteiger partial charge in [-0.05, 0) is 25.8 Å². The average molecular weight is 494 g/mol. The Bertz CT molecular complexity index is 1220. The van der Waals surface area contributed by atoms with Gasteiger partial charge in [-0.25, -0.2) is 0 Å². The van der Waals surface area contributed by atoms with E-state index < -0.39 is 36.0 Å². The molecule has 3 aromatic rings. The zero-order valence-corrected chi connectivity index (χ0v) is 23.8. The number of carbonyl (C=O) groups excluding carboxylic acids is 1. The fourth-order valence-electron chi connectivity index (χ4n) is 2.14. The molecule has 0 saturated carbocycles. The van der Waals surface area contributed by atoms with Crippen LogP contribution in [0.15, 0.2) is 39.5 Å². The van der Waals surface area contributed by atoms with Crippen LogP contribution in [0.5, 0.6) is 28.7 Å². The molecular weight excluding hydrogens is 484 g/mol. The predicted octanol–water partition coefficient (Wildman–Crippen LogP) is -9.76. The third kappa shape index (κ3) is 7.94. The number of phenols is 4. The van der Waals surface area contributed by atoms with Gasteiger partial charge in [0.25, 0.3) is 0 Å². The molecule has 0 unspecified atom stereocenters. The minimum Gasteiger partial charge on any atom is -0.807 e. The van der Waals surface area contributed by atoms with Crippen molar-refractivity contribution >= 4 is 24.3 Å². The van der Waals surface area contributed by atoms with E-state index in [1.807, 2.05) is 0 Å². The number of phenolic OH excluding ortho intramolecular Hbond substituents is 4. The molecule has 5 N–H and O–H groups in total. The van der Waals surface area contributed by atoms with Gasteiger partial charge in [0, 0.05) is 17.7 Å². The molecule has 0 aliphatic heterocycles. The summed E-state index contributed by atoms with van der Waals surface area (Å²) in [5.41, 5.74) is -3.45. The third-order valence-corrected chi connectivity index (χ3v) is 3.84. The van der Waals surface area contributed by atoms with Gasteiger partial charge in [0.1, 0.15) is 22.5 Å². The second-order valence-corrected chi connectivity index (χ2v) is 6.77. The van der Waals surface area contributed by atoms with E-state index in [0.717, 1.165) is 24.3 Å². The summed E-state index contributed by atoms with van der Waals surface area (Å²) in [6, 6.07) is 5.64. The Hall–Kier alpha value is -0.730. The van der Waals surface area contributed by atoms with Crippen LogP contribution in [0.25, 0.3) is 22.3 Å². The van der Waals surface area contributed by atoms with Gasteiger partial charge < -0.3 is 54.2 Å². The van der Waals surface area contributed by atoms with Crippen molar-refractivity contribution in [3.8, 4) is 40.1 Å². The molecule has 154 valence electrons. The van der Waals surface area contributed by atoms with Gasteiger partial charge in [0.15, 0.2) is 17.3 Å². The van der Waals surface area contributed by atoms with Gasteiger partial charge in [-0.1, -0.05) is 0 Å². The molecule has 16 heteroatoms. The fourth-order valence-corrected chi connectivity index (χ4v) is 2.14. The molecule has 0 amide bonds. The molecule has 0 atom stereocenters. The maximum Gasteiger partial charge on any atom is 1.00 e. The molecule has 12 nitrogen and oxygen atoms in total. The van der Waals surface area contributed by atoms with Gasteiger partial charge in [-0.3, -0.25) is 4.79 Å². The minimum absolute atomic E-state index is 0. The summed E-state index contributed by atoms with van der Waals surface area (Å²) in [5.74, 6) is -2.71. The molecule has 0 radical (unpaired) electrons. The molecule has 1 aromatic heterocycles. The number of benzene rings is 2. The topological polar surface area (TPSA) is 235 Å². The van der Waals surface area contributed by atoms with Crippen LogP contribution in [0.2, 0.25) is 0 Å². The number of hydrogen-bond donors (Lipinski definition) is 5. The van der Waals surface area contributed by atoms with Crippen LogP contribution in [0.1, 0.15) is 0 Å². The van der Waals surface area contributed by atoms with E-state index in [-0.39, 0.29) is 122 Å². The first kappa shape index (κ1) is 33.4. The second kappa shape index (κ2) is 13.2. The van der Waals surface area contributed by atoms with E-state index in [9.17, 15) is 30.3 Å². The first-order valence-corrected chi connectivity index (χ1v) is 8.85. The van der Waals surface area contributed by atoms with Crippen LogP contribution in [0, 0.1) is 0 Å². The van der Waals surface area contributed by atoms with Crippen LogP contribution >= 0.6 is 7.60 Å². The van der Waals surface area contributed by atoms with E-state index in [1.165, 1.54) is 6.07 Å². The number of carboxylic acid groups (broad SMARTS) is 1. The Morgan fingerprint density at radius 3 is 1.88 bits per heavy atom. The van der Waals surface area contributed by atoms with Crippen LogP contribution < -0.4 is 109 Å². The predicted molar refractivity (Wildman–Crippen MR) is 89.2 cm³/mol. The van der Waals surface area contributed by atoms with Crippen molar-refractivity contribution in [3.05, 3.63) is 40.6 Å². The zero-order valence-electron chi connectivity index (χ0n) is 16.9. The smallest absolute Gasteiger partial charge is 0.807 e. The standard InChI is InChI=1S/C15H10O7.CH3O5P.3Na/c16-7-4-10(19)12-11(5-7)22-15(14(21)13(12)20)6-1-2-8(17)9(18)3-6;2-1(3)7(4,5)6;;;/h1-5,16-19,21H;(H,2,3)(H2,4,5,6);;;/q;;3*+1/p-3. The molecule has 1 heterocycles. The quantitative estimate of drug-likeness (QED) is 0.127. The third-order valence-electron chi connectivity index (χ3n) is 3.40. The van der Waals surface area contributed by atoms with E-state index in [4.69, 9.17) is 28.7 Å². The van der Waals surface area contributed by atoms with Crippen LogP contribution in [0.3, 0.4) is 0 Å². The summed E-state index contributed by atoms with van der Waals surface area (Å²) in [6.45, 7) is 0. The molecule has 32 heavy (non-hydrogen) atoms. The molecule has 3 rings (SSSR count). The summed E-state index contributed by atoms with van der Waals surface area (Å²) in [6.07, 6.45) is 0. The number of carbonyl (C=O) groups is 1. The van der Waals surface area contributed by atoms with E-state index in [2.05, 4.69) is 0 Å². The van der Waals surface area contributed by atoms with Gasteiger partial charge in [-0.2, -0.15) is 0 Å². The molecule has 0 bridgehead atoms. The molecule has 2 aromatic carbocycles. The Labute approximate surface area is 245 Å². The maximum atomic E-state index is 12.1. The van der Waals surface area contributed by atoms with Crippen LogP contribution in [0.4, 0.5) is 4.79 Å². The van der Waals surface area contributed by atoms with Gasteiger partial charge >= 0.3 is 88.7 Å². The number of aromatic hydroxyl groups is 5. The van der Waals surface area contributed by atoms with Crippen molar-refractivity contribution in [1.29, 1.82) is 0 Å². The van der Waals surface area contributed by atoms with Crippen molar-refractivity contribution in [2.24, 2.45) is 0 Å². The number of fused-ring (bicyclic) bond motifs is 1. The zero-order chi connectivity index (χ0) is 22.1. The second-order valence-electron chi connectivity index (χ2n) is 5.41. The van der Waals surface area contributed by atoms with Gasteiger partial charge in [0.05, 0.1) is 5.71 Å². The molecule has 0 spiro atoms. The Balaban J connectivity index is 0. The summed E-state index contributed by atoms with van der Waals surface area (Å²) >= 11 is 0. The Kier molecular flexibility index (Phi) is 13.8. The van der Waals surface area contributed by atoms with Gasteiger partial charge in [-0.15, -0.1) is 0 Å². The van der Waals surface area contributed by atoms with E-state index in [1.54, 1.807) is 0 Å². The van der Waals surface area contributed by atoms with Crippen molar-refractivity contribution in [1.82, 2.24) is 0 Å². The summed E-state index contributed by atoms with van der Waals surface area (Å²) < 4.78 is 14.5. The molecule has 0 aliphatic carbocycles. The van der Waals surface area contributed by atoms with Crippen LogP contribution in [-0.4, -0.2) is 31.2 Å². The SMILES string of the molecule is O=C([O-])P(=O)([O-])[O-].O=c1c(O)c(-c2ccc(O)c(O)c2)oc2cc(O)cc(O)c12.[Na+].[Na+].[Na+]. The summed E-state index contributed by atoms with van der Waals surface area (Å²) in [7, 11) is -5.43. The first-order valence-electron chi connectivity index (χ1n) is 7.30. The molecular formula is C16H10Na3O12P. The number of hydrogen-bond acceptors (Lipinski definition) is 12. The van der Waals surface area contributed by atoms with Crippen molar-refractivity contribution in [3.63, 3.8) is 0 Å². The summed E-state index contributed by atoms with van der Waals surface area (Å²) in [4.78, 5) is 39.4. The van der Waals surface area contributed by atoms with Crippen molar-refractivity contribution < 1.29 is 143 Å².